The van der Waals surface area contributed by atoms with Gasteiger partial charge in [0, 0.05) is 11.0 Å². The van der Waals surface area contributed by atoms with Gasteiger partial charge in [0.2, 0.25) is 5.91 Å². The molecule has 3 aromatic carbocycles. The molecule has 3 aromatic rings. The molecule has 4 rings (SSSR count). The molecule has 4 heteroatoms. The van der Waals surface area contributed by atoms with E-state index in [2.05, 4.69) is 29.6 Å². The number of hydrogen-bond acceptors (Lipinski definition) is 3. The van der Waals surface area contributed by atoms with Crippen LogP contribution in [0.3, 0.4) is 0 Å². The number of nitrogens with one attached hydrogen (secondary N) is 1. The number of hydrogen-bond donors (Lipinski definition) is 2. The third kappa shape index (κ3) is 2.84. The molecule has 0 aromatic heterocycles. The zero-order chi connectivity index (χ0) is 18.1. The number of rotatable bonds is 4. The number of amides is 1. The molecular weight excluding hydrogens is 324 g/mol. The van der Waals surface area contributed by atoms with E-state index in [4.69, 9.17) is 0 Å². The van der Waals surface area contributed by atoms with Gasteiger partial charge in [-0.1, -0.05) is 67.6 Å². The molecule has 0 unspecified atom stereocenters. The number of phenols is 1. The predicted octanol–water partition coefficient (Wildman–Crippen LogP) is 3.97. The molecule has 0 aliphatic heterocycles. The first-order valence-corrected chi connectivity index (χ1v) is 8.69. The maximum Gasteiger partial charge on any atom is 0.244 e. The van der Waals surface area contributed by atoms with E-state index in [1.165, 1.54) is 11.8 Å². The van der Waals surface area contributed by atoms with Crippen LogP contribution in [0.5, 0.6) is 5.75 Å². The van der Waals surface area contributed by atoms with Gasteiger partial charge in [0.1, 0.15) is 5.75 Å². The molecule has 1 aliphatic carbocycles. The van der Waals surface area contributed by atoms with Gasteiger partial charge in [-0.25, -0.2) is 5.43 Å². The van der Waals surface area contributed by atoms with Crippen molar-refractivity contribution in [2.75, 3.05) is 0 Å². The minimum atomic E-state index is -0.123. The number of aromatic hydroxyl groups is 1. The molecule has 0 saturated heterocycles. The second-order valence-electron chi connectivity index (χ2n) is 6.99. The zero-order valence-corrected chi connectivity index (χ0v) is 14.5. The number of hydrazone groups is 1. The minimum Gasteiger partial charge on any atom is -0.507 e. The van der Waals surface area contributed by atoms with E-state index in [9.17, 15) is 9.90 Å². The van der Waals surface area contributed by atoms with Crippen LogP contribution in [0.1, 0.15) is 24.5 Å². The van der Waals surface area contributed by atoms with Crippen LogP contribution in [0.25, 0.3) is 10.8 Å². The summed E-state index contributed by atoms with van der Waals surface area (Å²) in [4.78, 5) is 12.4. The summed E-state index contributed by atoms with van der Waals surface area (Å²) in [5.74, 6) is -0.0299. The van der Waals surface area contributed by atoms with E-state index in [1.807, 2.05) is 48.5 Å². The average molecular weight is 344 g/mol. The SMILES string of the molecule is C[C@@]1(c2ccccc2)C[C@@H]1C(=O)N/N=C\c1c(O)ccc2ccccc12. The van der Waals surface area contributed by atoms with Crippen molar-refractivity contribution in [3.05, 3.63) is 77.9 Å². The van der Waals surface area contributed by atoms with Crippen LogP contribution >= 0.6 is 0 Å². The van der Waals surface area contributed by atoms with E-state index in [1.54, 1.807) is 6.07 Å². The molecule has 1 amide bonds. The first-order chi connectivity index (χ1) is 12.6. The molecule has 130 valence electrons. The molecule has 26 heavy (non-hydrogen) atoms. The predicted molar refractivity (Wildman–Crippen MR) is 103 cm³/mol. The molecule has 2 N–H and O–H groups in total. The van der Waals surface area contributed by atoms with Crippen molar-refractivity contribution in [2.24, 2.45) is 11.0 Å². The first-order valence-electron chi connectivity index (χ1n) is 8.69. The molecule has 2 atom stereocenters. The smallest absolute Gasteiger partial charge is 0.244 e. The van der Waals surface area contributed by atoms with Crippen molar-refractivity contribution < 1.29 is 9.90 Å². The monoisotopic (exact) mass is 344 g/mol. The lowest BCUT2D eigenvalue weighted by atomic mass is 9.95. The lowest BCUT2D eigenvalue weighted by Crippen LogP contribution is -2.23. The highest BCUT2D eigenvalue weighted by Gasteiger charge is 2.55. The summed E-state index contributed by atoms with van der Waals surface area (Å²) >= 11 is 0. The van der Waals surface area contributed by atoms with Gasteiger partial charge < -0.3 is 5.11 Å². The Hall–Kier alpha value is -3.14. The van der Waals surface area contributed by atoms with Crippen molar-refractivity contribution in [1.82, 2.24) is 5.43 Å². The second kappa shape index (κ2) is 6.30. The Morgan fingerprint density at radius 2 is 1.85 bits per heavy atom. The van der Waals surface area contributed by atoms with Gasteiger partial charge in [0.05, 0.1) is 12.1 Å². The van der Waals surface area contributed by atoms with Crippen molar-refractivity contribution in [2.45, 2.75) is 18.8 Å². The lowest BCUT2D eigenvalue weighted by molar-refractivity contribution is -0.122. The molecular formula is C22H20N2O2. The highest BCUT2D eigenvalue weighted by atomic mass is 16.3. The fraction of sp³-hybridized carbons (Fsp3) is 0.182. The largest absolute Gasteiger partial charge is 0.507 e. The van der Waals surface area contributed by atoms with Gasteiger partial charge in [-0.3, -0.25) is 4.79 Å². The zero-order valence-electron chi connectivity index (χ0n) is 14.5. The van der Waals surface area contributed by atoms with Gasteiger partial charge in [0.25, 0.3) is 0 Å². The number of phenolic OH excluding ortho intramolecular Hbond substituents is 1. The second-order valence-corrected chi connectivity index (χ2v) is 6.99. The van der Waals surface area contributed by atoms with E-state index < -0.39 is 0 Å². The first kappa shape index (κ1) is 16.3. The Morgan fingerprint density at radius 1 is 1.12 bits per heavy atom. The highest BCUT2D eigenvalue weighted by Crippen LogP contribution is 2.53. The van der Waals surface area contributed by atoms with Crippen LogP contribution in [0.2, 0.25) is 0 Å². The molecule has 1 aliphatic rings. The number of nitrogens with zero attached hydrogens (tertiary/aromatic N) is 1. The minimum absolute atomic E-state index is 0.0804. The van der Waals surface area contributed by atoms with Gasteiger partial charge in [0.15, 0.2) is 0 Å². The summed E-state index contributed by atoms with van der Waals surface area (Å²) in [6, 6.07) is 21.3. The Bertz CT molecular complexity index is 997. The quantitative estimate of drug-likeness (QED) is 0.556. The topological polar surface area (TPSA) is 61.7 Å². The summed E-state index contributed by atoms with van der Waals surface area (Å²) in [7, 11) is 0. The molecule has 1 saturated carbocycles. The number of fused-ring (bicyclic) bond motifs is 1. The van der Waals surface area contributed by atoms with Crippen molar-refractivity contribution in [3.8, 4) is 5.75 Å². The molecule has 1 fully saturated rings. The van der Waals surface area contributed by atoms with Gasteiger partial charge in [-0.05, 0) is 28.8 Å². The summed E-state index contributed by atoms with van der Waals surface area (Å²) in [6.07, 6.45) is 2.33. The summed E-state index contributed by atoms with van der Waals surface area (Å²) in [6.45, 7) is 2.10. The number of benzene rings is 3. The standard InChI is InChI=1S/C22H20N2O2/c1-22(16-8-3-2-4-9-16)13-19(22)21(26)24-23-14-18-17-10-6-5-7-15(17)11-12-20(18)25/h2-12,14,19,25H,13H2,1H3,(H,24,26)/b23-14-/t19-,22+/m1/s1. The summed E-state index contributed by atoms with van der Waals surface area (Å²) in [5, 5.41) is 16.1. The summed E-state index contributed by atoms with van der Waals surface area (Å²) < 4.78 is 0. The molecule has 0 radical (unpaired) electrons. The van der Waals surface area contributed by atoms with Crippen molar-refractivity contribution in [1.29, 1.82) is 0 Å². The molecule has 0 heterocycles. The van der Waals surface area contributed by atoms with Gasteiger partial charge >= 0.3 is 0 Å². The van der Waals surface area contributed by atoms with Crippen LogP contribution in [0, 0.1) is 5.92 Å². The Balaban J connectivity index is 1.49. The van der Waals surface area contributed by atoms with Gasteiger partial charge in [-0.15, -0.1) is 0 Å². The third-order valence-corrected chi connectivity index (χ3v) is 5.30. The third-order valence-electron chi connectivity index (χ3n) is 5.30. The van der Waals surface area contributed by atoms with Crippen molar-refractivity contribution in [3.63, 3.8) is 0 Å². The maximum absolute atomic E-state index is 12.4. The Morgan fingerprint density at radius 3 is 2.65 bits per heavy atom. The molecule has 4 nitrogen and oxygen atoms in total. The normalized spacial score (nSPS) is 21.8. The van der Waals surface area contributed by atoms with E-state index in [0.717, 1.165) is 17.2 Å². The Kier molecular flexibility index (Phi) is 3.96. The van der Waals surface area contributed by atoms with Crippen LogP contribution in [-0.4, -0.2) is 17.2 Å². The van der Waals surface area contributed by atoms with Crippen LogP contribution < -0.4 is 5.43 Å². The molecule has 0 spiro atoms. The van der Waals surface area contributed by atoms with E-state index >= 15 is 0 Å². The van der Waals surface area contributed by atoms with Crippen LogP contribution in [-0.2, 0) is 10.2 Å². The van der Waals surface area contributed by atoms with E-state index in [-0.39, 0.29) is 23.0 Å². The van der Waals surface area contributed by atoms with Crippen LogP contribution in [0.15, 0.2) is 71.8 Å². The summed E-state index contributed by atoms with van der Waals surface area (Å²) in [5.41, 5.74) is 4.29. The van der Waals surface area contributed by atoms with E-state index in [0.29, 0.717) is 5.56 Å². The number of carbonyl (C=O) groups is 1. The van der Waals surface area contributed by atoms with Crippen molar-refractivity contribution >= 4 is 22.9 Å². The number of carbonyl (C=O) groups excluding carboxylic acids is 1. The van der Waals surface area contributed by atoms with Crippen LogP contribution in [0.4, 0.5) is 0 Å². The fourth-order valence-electron chi connectivity index (χ4n) is 3.54. The average Bonchev–Trinajstić information content (AvgIpc) is 3.37. The molecule has 0 bridgehead atoms. The van der Waals surface area contributed by atoms with Gasteiger partial charge in [-0.2, -0.15) is 5.10 Å². The lowest BCUT2D eigenvalue weighted by Gasteiger charge is -2.10. The highest BCUT2D eigenvalue weighted by molar-refractivity contribution is 6.02. The fourth-order valence-corrected chi connectivity index (χ4v) is 3.54. The Labute approximate surface area is 152 Å². The maximum atomic E-state index is 12.4.